The average molecular weight is 354 g/mol. The first-order valence-corrected chi connectivity index (χ1v) is 8.03. The number of nitrogens with one attached hydrogen (secondary N) is 2. The number of halogens is 1. The largest absolute Gasteiger partial charge is 0.350 e. The minimum atomic E-state index is -0.322. The van der Waals surface area contributed by atoms with Crippen molar-refractivity contribution in [2.75, 3.05) is 10.6 Å². The van der Waals surface area contributed by atoms with E-state index >= 15 is 0 Å². The number of carbonyl (C=O) groups excluding carboxylic acids is 1. The standard InChI is InChI=1S/C18H16ClN5O/c1-12-8-16(17(25)23-15-6-2-5-14(19)9-15)24-18(22-12)21-11-13-4-3-7-20-10-13/h2-10H,11H2,1H3,(H,23,25)(H,21,22,24). The van der Waals surface area contributed by atoms with Crippen LogP contribution in [0.4, 0.5) is 11.6 Å². The Morgan fingerprint density at radius 3 is 2.80 bits per heavy atom. The Bertz CT molecular complexity index is 886. The highest BCUT2D eigenvalue weighted by Gasteiger charge is 2.11. The monoisotopic (exact) mass is 353 g/mol. The lowest BCUT2D eigenvalue weighted by Crippen LogP contribution is -2.16. The summed E-state index contributed by atoms with van der Waals surface area (Å²) < 4.78 is 0. The Morgan fingerprint density at radius 2 is 2.04 bits per heavy atom. The van der Waals surface area contributed by atoms with Gasteiger partial charge in [0.05, 0.1) is 0 Å². The van der Waals surface area contributed by atoms with Crippen LogP contribution in [-0.2, 0) is 6.54 Å². The maximum atomic E-state index is 12.4. The van der Waals surface area contributed by atoms with Crippen molar-refractivity contribution in [1.29, 1.82) is 0 Å². The van der Waals surface area contributed by atoms with Gasteiger partial charge in [-0.25, -0.2) is 9.97 Å². The number of nitrogens with zero attached hydrogens (tertiary/aromatic N) is 3. The normalized spacial score (nSPS) is 10.3. The van der Waals surface area contributed by atoms with Crippen LogP contribution in [0.15, 0.2) is 54.9 Å². The summed E-state index contributed by atoms with van der Waals surface area (Å²) in [4.78, 5) is 25.1. The second kappa shape index (κ2) is 7.72. The van der Waals surface area contributed by atoms with Crippen molar-refractivity contribution in [2.45, 2.75) is 13.5 Å². The van der Waals surface area contributed by atoms with Crippen molar-refractivity contribution >= 4 is 29.1 Å². The molecule has 0 atom stereocenters. The van der Waals surface area contributed by atoms with Crippen LogP contribution < -0.4 is 10.6 Å². The molecular weight excluding hydrogens is 338 g/mol. The van der Waals surface area contributed by atoms with Crippen LogP contribution >= 0.6 is 11.6 Å². The number of hydrogen-bond acceptors (Lipinski definition) is 5. The van der Waals surface area contributed by atoms with Gasteiger partial charge in [-0.05, 0) is 42.8 Å². The highest BCUT2D eigenvalue weighted by atomic mass is 35.5. The Kier molecular flexibility index (Phi) is 5.20. The van der Waals surface area contributed by atoms with Crippen LogP contribution in [0.3, 0.4) is 0 Å². The lowest BCUT2D eigenvalue weighted by Gasteiger charge is -2.09. The van der Waals surface area contributed by atoms with Crippen molar-refractivity contribution in [3.8, 4) is 0 Å². The Morgan fingerprint density at radius 1 is 1.16 bits per heavy atom. The highest BCUT2D eigenvalue weighted by Crippen LogP contribution is 2.16. The first-order valence-electron chi connectivity index (χ1n) is 7.65. The number of carbonyl (C=O) groups is 1. The lowest BCUT2D eigenvalue weighted by molar-refractivity contribution is 0.102. The van der Waals surface area contributed by atoms with E-state index in [0.29, 0.717) is 28.9 Å². The number of benzene rings is 1. The summed E-state index contributed by atoms with van der Waals surface area (Å²) in [5, 5.41) is 6.43. The molecular formula is C18H16ClN5O. The molecule has 0 radical (unpaired) electrons. The smallest absolute Gasteiger partial charge is 0.274 e. The van der Waals surface area contributed by atoms with Gasteiger partial charge >= 0.3 is 0 Å². The van der Waals surface area contributed by atoms with Crippen LogP contribution in [0.5, 0.6) is 0 Å². The molecule has 0 aliphatic rings. The zero-order chi connectivity index (χ0) is 17.6. The van der Waals surface area contributed by atoms with E-state index in [0.717, 1.165) is 5.56 Å². The van der Waals surface area contributed by atoms with E-state index in [1.165, 1.54) is 0 Å². The number of aryl methyl sites for hydroxylation is 1. The molecule has 126 valence electrons. The van der Waals surface area contributed by atoms with E-state index in [4.69, 9.17) is 11.6 Å². The molecule has 0 aliphatic carbocycles. The van der Waals surface area contributed by atoms with E-state index in [-0.39, 0.29) is 11.6 Å². The number of hydrogen-bond donors (Lipinski definition) is 2. The van der Waals surface area contributed by atoms with E-state index in [9.17, 15) is 4.79 Å². The second-order valence-corrected chi connectivity index (χ2v) is 5.83. The van der Waals surface area contributed by atoms with Gasteiger partial charge in [0.2, 0.25) is 5.95 Å². The minimum absolute atomic E-state index is 0.279. The third kappa shape index (κ3) is 4.74. The van der Waals surface area contributed by atoms with Gasteiger partial charge in [0.15, 0.2) is 0 Å². The number of anilines is 2. The summed E-state index contributed by atoms with van der Waals surface area (Å²) in [6, 6.07) is 12.4. The fourth-order valence-electron chi connectivity index (χ4n) is 2.21. The quantitative estimate of drug-likeness (QED) is 0.731. The third-order valence-electron chi connectivity index (χ3n) is 3.34. The summed E-state index contributed by atoms with van der Waals surface area (Å²) in [6.07, 6.45) is 3.47. The van der Waals surface area contributed by atoms with Crippen molar-refractivity contribution in [3.05, 3.63) is 76.8 Å². The molecule has 0 aliphatic heterocycles. The Balaban J connectivity index is 1.73. The van der Waals surface area contributed by atoms with Gasteiger partial charge in [-0.2, -0.15) is 0 Å². The molecule has 0 unspecified atom stereocenters. The van der Waals surface area contributed by atoms with Crippen LogP contribution in [0.1, 0.15) is 21.7 Å². The summed E-state index contributed by atoms with van der Waals surface area (Å²) in [7, 11) is 0. The van der Waals surface area contributed by atoms with Gasteiger partial charge in [-0.3, -0.25) is 9.78 Å². The average Bonchev–Trinajstić information content (AvgIpc) is 2.60. The number of aromatic nitrogens is 3. The molecule has 1 amide bonds. The summed E-state index contributed by atoms with van der Waals surface area (Å²) in [5.74, 6) is 0.0669. The molecule has 0 fully saturated rings. The first-order chi connectivity index (χ1) is 12.1. The molecule has 3 rings (SSSR count). The van der Waals surface area contributed by atoms with E-state index < -0.39 is 0 Å². The van der Waals surface area contributed by atoms with E-state index in [1.807, 2.05) is 19.1 Å². The number of rotatable bonds is 5. The number of pyridine rings is 1. The van der Waals surface area contributed by atoms with E-state index in [1.54, 1.807) is 42.7 Å². The molecule has 0 bridgehead atoms. The van der Waals surface area contributed by atoms with Crippen LogP contribution in [0.25, 0.3) is 0 Å². The molecule has 3 aromatic rings. The van der Waals surface area contributed by atoms with Crippen molar-refractivity contribution in [2.24, 2.45) is 0 Å². The molecule has 7 heteroatoms. The highest BCUT2D eigenvalue weighted by molar-refractivity contribution is 6.30. The van der Waals surface area contributed by atoms with Crippen LogP contribution in [-0.4, -0.2) is 20.9 Å². The zero-order valence-corrected chi connectivity index (χ0v) is 14.3. The molecule has 2 heterocycles. The predicted molar refractivity (Wildman–Crippen MR) is 97.7 cm³/mol. The fourth-order valence-corrected chi connectivity index (χ4v) is 2.40. The maximum Gasteiger partial charge on any atom is 0.274 e. The zero-order valence-electron chi connectivity index (χ0n) is 13.5. The minimum Gasteiger partial charge on any atom is -0.350 e. The van der Waals surface area contributed by atoms with Crippen molar-refractivity contribution < 1.29 is 4.79 Å². The third-order valence-corrected chi connectivity index (χ3v) is 3.58. The maximum absolute atomic E-state index is 12.4. The number of amides is 1. The SMILES string of the molecule is Cc1cc(C(=O)Nc2cccc(Cl)c2)nc(NCc2cccnc2)n1. The Hall–Kier alpha value is -2.99. The second-order valence-electron chi connectivity index (χ2n) is 5.40. The molecule has 6 nitrogen and oxygen atoms in total. The predicted octanol–water partition coefficient (Wildman–Crippen LogP) is 3.70. The summed E-state index contributed by atoms with van der Waals surface area (Å²) in [6.45, 7) is 2.33. The lowest BCUT2D eigenvalue weighted by atomic mass is 10.2. The Labute approximate surface area is 150 Å². The van der Waals surface area contributed by atoms with E-state index in [2.05, 4.69) is 25.6 Å². The van der Waals surface area contributed by atoms with Gasteiger partial charge in [-0.15, -0.1) is 0 Å². The van der Waals surface area contributed by atoms with Gasteiger partial charge in [0.1, 0.15) is 5.69 Å². The van der Waals surface area contributed by atoms with Gasteiger partial charge in [0.25, 0.3) is 5.91 Å². The molecule has 1 aromatic carbocycles. The molecule has 0 saturated carbocycles. The van der Waals surface area contributed by atoms with Gasteiger partial charge in [-0.1, -0.05) is 23.7 Å². The van der Waals surface area contributed by atoms with Crippen molar-refractivity contribution in [3.63, 3.8) is 0 Å². The molecule has 2 aromatic heterocycles. The first kappa shape index (κ1) is 16.9. The molecule has 2 N–H and O–H groups in total. The summed E-state index contributed by atoms with van der Waals surface area (Å²) in [5.41, 5.74) is 2.58. The summed E-state index contributed by atoms with van der Waals surface area (Å²) >= 11 is 5.93. The fraction of sp³-hybridized carbons (Fsp3) is 0.111. The van der Waals surface area contributed by atoms with Gasteiger partial charge < -0.3 is 10.6 Å². The van der Waals surface area contributed by atoms with Crippen molar-refractivity contribution in [1.82, 2.24) is 15.0 Å². The van der Waals surface area contributed by atoms with Crippen LogP contribution in [0, 0.1) is 6.92 Å². The van der Waals surface area contributed by atoms with Gasteiger partial charge in [0, 0.05) is 35.3 Å². The molecule has 25 heavy (non-hydrogen) atoms. The topological polar surface area (TPSA) is 79.8 Å². The molecule has 0 saturated heterocycles. The molecule has 0 spiro atoms. The van der Waals surface area contributed by atoms with Crippen LogP contribution in [0.2, 0.25) is 5.02 Å².